The molecule has 2 amide bonds. The summed E-state index contributed by atoms with van der Waals surface area (Å²) in [6.45, 7) is 7.13. The summed E-state index contributed by atoms with van der Waals surface area (Å²) in [6, 6.07) is 15.4. The van der Waals surface area contributed by atoms with Gasteiger partial charge in [-0.2, -0.15) is 0 Å². The number of hydrogen-bond donors (Lipinski definition) is 2. The van der Waals surface area contributed by atoms with Gasteiger partial charge in [-0.1, -0.05) is 12.1 Å². The standard InChI is InChI=1S/C29H31F2N7O4/c1-29(2,3)42-28(40)32-17-24(39)33-19-10-8-18(9-11-19)26-35-22(37-12-14-41-15-13-37)16-23(36-26)38-21-7-5-4-6-20(21)34-27(38)25(30)31/h4-11,16,25H,12-15,17H2,1-3H3,(H,32,40)(H,33,39). The van der Waals surface area contributed by atoms with Crippen molar-refractivity contribution in [2.24, 2.45) is 0 Å². The number of imidazole rings is 1. The second-order valence-corrected chi connectivity index (χ2v) is 10.6. The molecule has 220 valence electrons. The first-order valence-corrected chi connectivity index (χ1v) is 13.4. The van der Waals surface area contributed by atoms with Gasteiger partial charge < -0.3 is 25.0 Å². The molecule has 13 heteroatoms. The van der Waals surface area contributed by atoms with Crippen molar-refractivity contribution in [3.05, 3.63) is 60.4 Å². The van der Waals surface area contributed by atoms with E-state index in [-0.39, 0.29) is 12.4 Å². The number of ether oxygens (including phenoxy) is 2. The van der Waals surface area contributed by atoms with Gasteiger partial charge in [-0.25, -0.2) is 28.5 Å². The molecule has 3 heterocycles. The number of benzene rings is 2. The van der Waals surface area contributed by atoms with E-state index >= 15 is 0 Å². The highest BCUT2D eigenvalue weighted by Gasteiger charge is 2.24. The second-order valence-electron chi connectivity index (χ2n) is 10.6. The summed E-state index contributed by atoms with van der Waals surface area (Å²) in [5, 5.41) is 5.12. The molecule has 5 rings (SSSR count). The van der Waals surface area contributed by atoms with E-state index in [1.807, 2.05) is 4.90 Å². The molecular formula is C29H31F2N7O4. The minimum Gasteiger partial charge on any atom is -0.444 e. The Bertz CT molecular complexity index is 1580. The van der Waals surface area contributed by atoms with Crippen molar-refractivity contribution in [3.63, 3.8) is 0 Å². The Kier molecular flexibility index (Phi) is 8.29. The molecule has 1 aliphatic rings. The number of halogens is 2. The minimum atomic E-state index is -2.82. The first-order chi connectivity index (χ1) is 20.1. The molecule has 0 saturated carbocycles. The van der Waals surface area contributed by atoms with E-state index in [0.29, 0.717) is 60.2 Å². The monoisotopic (exact) mass is 579 g/mol. The molecule has 0 unspecified atom stereocenters. The van der Waals surface area contributed by atoms with Crippen LogP contribution in [0.1, 0.15) is 33.0 Å². The van der Waals surface area contributed by atoms with Crippen molar-refractivity contribution in [2.45, 2.75) is 32.8 Å². The fraction of sp³-hybridized carbons (Fsp3) is 0.345. The van der Waals surface area contributed by atoms with Crippen LogP contribution in [-0.4, -0.2) is 70.0 Å². The lowest BCUT2D eigenvalue weighted by molar-refractivity contribution is -0.115. The SMILES string of the molecule is CC(C)(C)OC(=O)NCC(=O)Nc1ccc(-c2nc(N3CCOCC3)cc(-n3c(C(F)F)nc4ccccc43)n2)cc1. The molecule has 2 aromatic heterocycles. The van der Waals surface area contributed by atoms with Crippen LogP contribution in [0.25, 0.3) is 28.2 Å². The largest absolute Gasteiger partial charge is 0.444 e. The van der Waals surface area contributed by atoms with Crippen LogP contribution in [-0.2, 0) is 14.3 Å². The van der Waals surface area contributed by atoms with E-state index in [1.54, 1.807) is 75.4 Å². The normalized spacial score (nSPS) is 13.8. The number of fused-ring (bicyclic) bond motifs is 1. The molecule has 0 spiro atoms. The number of nitrogens with zero attached hydrogens (tertiary/aromatic N) is 5. The number of amides is 2. The Morgan fingerprint density at radius 3 is 2.38 bits per heavy atom. The van der Waals surface area contributed by atoms with Gasteiger partial charge in [0, 0.05) is 30.4 Å². The predicted molar refractivity (Wildman–Crippen MR) is 153 cm³/mol. The summed E-state index contributed by atoms with van der Waals surface area (Å²) < 4.78 is 40.2. The van der Waals surface area contributed by atoms with E-state index in [9.17, 15) is 18.4 Å². The summed E-state index contributed by atoms with van der Waals surface area (Å²) in [4.78, 5) is 39.8. The van der Waals surface area contributed by atoms with Gasteiger partial charge in [0.2, 0.25) is 5.91 Å². The fourth-order valence-corrected chi connectivity index (χ4v) is 4.43. The van der Waals surface area contributed by atoms with Gasteiger partial charge in [-0.15, -0.1) is 0 Å². The topological polar surface area (TPSA) is 124 Å². The molecule has 2 N–H and O–H groups in total. The maximum Gasteiger partial charge on any atom is 0.408 e. The molecule has 0 bridgehead atoms. The van der Waals surface area contributed by atoms with E-state index in [2.05, 4.69) is 20.6 Å². The predicted octanol–water partition coefficient (Wildman–Crippen LogP) is 4.72. The summed E-state index contributed by atoms with van der Waals surface area (Å²) >= 11 is 0. The van der Waals surface area contributed by atoms with Gasteiger partial charge in [0.1, 0.15) is 23.8 Å². The lowest BCUT2D eigenvalue weighted by Gasteiger charge is -2.28. The van der Waals surface area contributed by atoms with Crippen LogP contribution < -0.4 is 15.5 Å². The van der Waals surface area contributed by atoms with Crippen LogP contribution in [0.5, 0.6) is 0 Å². The third-order valence-corrected chi connectivity index (χ3v) is 6.26. The Morgan fingerprint density at radius 1 is 1.00 bits per heavy atom. The second kappa shape index (κ2) is 12.1. The van der Waals surface area contributed by atoms with Crippen LogP contribution in [0.2, 0.25) is 0 Å². The van der Waals surface area contributed by atoms with E-state index in [1.165, 1.54) is 4.57 Å². The van der Waals surface area contributed by atoms with Gasteiger partial charge in [-0.3, -0.25) is 9.36 Å². The number of carbonyl (C=O) groups excluding carboxylic acids is 2. The highest BCUT2D eigenvalue weighted by molar-refractivity contribution is 5.94. The highest BCUT2D eigenvalue weighted by Crippen LogP contribution is 2.30. The number of carbonyl (C=O) groups is 2. The number of alkyl carbamates (subject to hydrolysis) is 1. The lowest BCUT2D eigenvalue weighted by Crippen LogP contribution is -2.37. The van der Waals surface area contributed by atoms with Crippen LogP contribution >= 0.6 is 0 Å². The summed E-state index contributed by atoms with van der Waals surface area (Å²) in [5.41, 5.74) is 1.35. The average Bonchev–Trinajstić information content (AvgIpc) is 3.36. The van der Waals surface area contributed by atoms with Gasteiger partial charge in [0.15, 0.2) is 11.6 Å². The number of anilines is 2. The molecule has 1 aliphatic heterocycles. The molecule has 0 aliphatic carbocycles. The van der Waals surface area contributed by atoms with Crippen LogP contribution in [0.4, 0.5) is 25.1 Å². The van der Waals surface area contributed by atoms with Gasteiger partial charge in [0.05, 0.1) is 24.2 Å². The van der Waals surface area contributed by atoms with Crippen molar-refractivity contribution in [1.29, 1.82) is 0 Å². The molecule has 1 saturated heterocycles. The third kappa shape index (κ3) is 6.79. The molecule has 42 heavy (non-hydrogen) atoms. The first-order valence-electron chi connectivity index (χ1n) is 13.4. The minimum absolute atomic E-state index is 0.260. The zero-order chi connectivity index (χ0) is 29.9. The Balaban J connectivity index is 1.43. The number of nitrogens with one attached hydrogen (secondary N) is 2. The number of morpholine rings is 1. The zero-order valence-corrected chi connectivity index (χ0v) is 23.4. The molecule has 2 aromatic carbocycles. The quantitative estimate of drug-likeness (QED) is 0.323. The van der Waals surface area contributed by atoms with Crippen molar-refractivity contribution in [1.82, 2.24) is 24.8 Å². The molecule has 11 nitrogen and oxygen atoms in total. The lowest BCUT2D eigenvalue weighted by atomic mass is 10.2. The maximum absolute atomic E-state index is 14.1. The molecule has 4 aromatic rings. The summed E-state index contributed by atoms with van der Waals surface area (Å²) in [5.74, 6) is 0.300. The average molecular weight is 580 g/mol. The first kappa shape index (κ1) is 28.9. The van der Waals surface area contributed by atoms with Crippen LogP contribution in [0.15, 0.2) is 54.6 Å². The summed E-state index contributed by atoms with van der Waals surface area (Å²) in [6.07, 6.45) is -3.52. The number of alkyl halides is 2. The fourth-order valence-electron chi connectivity index (χ4n) is 4.43. The van der Waals surface area contributed by atoms with Gasteiger partial charge in [0.25, 0.3) is 6.43 Å². The zero-order valence-electron chi connectivity index (χ0n) is 23.4. The molecular weight excluding hydrogens is 548 g/mol. The van der Waals surface area contributed by atoms with Gasteiger partial charge in [-0.05, 0) is 57.2 Å². The van der Waals surface area contributed by atoms with E-state index in [4.69, 9.17) is 14.5 Å². The Hall–Kier alpha value is -4.65. The number of hydrogen-bond acceptors (Lipinski definition) is 8. The van der Waals surface area contributed by atoms with Crippen LogP contribution in [0, 0.1) is 0 Å². The van der Waals surface area contributed by atoms with Crippen LogP contribution in [0.3, 0.4) is 0 Å². The summed E-state index contributed by atoms with van der Waals surface area (Å²) in [7, 11) is 0. The smallest absolute Gasteiger partial charge is 0.408 e. The van der Waals surface area contributed by atoms with Crippen molar-refractivity contribution in [2.75, 3.05) is 43.1 Å². The Labute approximate surface area is 240 Å². The number of rotatable bonds is 7. The van der Waals surface area contributed by atoms with Gasteiger partial charge >= 0.3 is 6.09 Å². The molecule has 1 fully saturated rings. The highest BCUT2D eigenvalue weighted by atomic mass is 19.3. The molecule has 0 radical (unpaired) electrons. The van der Waals surface area contributed by atoms with E-state index in [0.717, 1.165) is 0 Å². The Morgan fingerprint density at radius 2 is 1.69 bits per heavy atom. The number of para-hydroxylation sites is 2. The van der Waals surface area contributed by atoms with Crippen molar-refractivity contribution in [3.8, 4) is 17.2 Å². The maximum atomic E-state index is 14.1. The van der Waals surface area contributed by atoms with E-state index < -0.39 is 29.9 Å². The number of aromatic nitrogens is 4. The van der Waals surface area contributed by atoms with Crippen molar-refractivity contribution >= 4 is 34.5 Å². The van der Waals surface area contributed by atoms with Crippen molar-refractivity contribution < 1.29 is 27.8 Å². The third-order valence-electron chi connectivity index (χ3n) is 6.26. The molecule has 0 atom stereocenters.